The zero-order chi connectivity index (χ0) is 27.8. The summed E-state index contributed by atoms with van der Waals surface area (Å²) in [5, 5.41) is 5.02. The predicted octanol–water partition coefficient (Wildman–Crippen LogP) is 6.26. The van der Waals surface area contributed by atoms with E-state index in [1.807, 2.05) is 48.2 Å². The van der Waals surface area contributed by atoms with Gasteiger partial charge in [-0.15, -0.1) is 11.3 Å². The van der Waals surface area contributed by atoms with E-state index in [1.54, 1.807) is 23.3 Å². The second-order valence-electron chi connectivity index (χ2n) is 10.3. The number of thiophene rings is 1. The van der Waals surface area contributed by atoms with Gasteiger partial charge in [0.2, 0.25) is 5.91 Å². The van der Waals surface area contributed by atoms with Crippen molar-refractivity contribution in [3.05, 3.63) is 81.5 Å². The molecule has 8 heteroatoms. The van der Waals surface area contributed by atoms with Crippen LogP contribution in [0.3, 0.4) is 0 Å². The second kappa shape index (κ2) is 13.6. The molecule has 0 bridgehead atoms. The molecule has 0 saturated heterocycles. The topological polar surface area (TPSA) is 71.1 Å². The normalized spacial score (nSPS) is 14.7. The minimum absolute atomic E-state index is 0.0134. The highest BCUT2D eigenvalue weighted by molar-refractivity contribution is 7.10. The molecule has 0 spiro atoms. The van der Waals surface area contributed by atoms with Gasteiger partial charge in [0.15, 0.2) is 0 Å². The number of hydrogen-bond donors (Lipinski definition) is 1. The van der Waals surface area contributed by atoms with Gasteiger partial charge >= 0.3 is 6.03 Å². The molecule has 3 amide bonds. The van der Waals surface area contributed by atoms with Crippen molar-refractivity contribution in [1.82, 2.24) is 9.80 Å². The van der Waals surface area contributed by atoms with E-state index in [1.165, 1.54) is 10.4 Å². The Labute approximate surface area is 235 Å². The van der Waals surface area contributed by atoms with Crippen LogP contribution >= 0.6 is 11.3 Å². The average Bonchev–Trinajstić information content (AvgIpc) is 3.42. The first-order valence-electron chi connectivity index (χ1n) is 13.6. The van der Waals surface area contributed by atoms with E-state index in [0.29, 0.717) is 44.3 Å². The lowest BCUT2D eigenvalue weighted by Gasteiger charge is -2.37. The van der Waals surface area contributed by atoms with Gasteiger partial charge in [-0.05, 0) is 72.5 Å². The van der Waals surface area contributed by atoms with Gasteiger partial charge in [0, 0.05) is 37.4 Å². The first-order chi connectivity index (χ1) is 18.9. The zero-order valence-electron chi connectivity index (χ0n) is 23.3. The monoisotopic (exact) mass is 549 g/mol. The predicted molar refractivity (Wildman–Crippen MR) is 157 cm³/mol. The van der Waals surface area contributed by atoms with Crippen LogP contribution in [0.15, 0.2) is 60.0 Å². The van der Waals surface area contributed by atoms with Gasteiger partial charge in [-0.2, -0.15) is 0 Å². The molecular weight excluding hydrogens is 510 g/mol. The van der Waals surface area contributed by atoms with Crippen molar-refractivity contribution in [1.29, 1.82) is 0 Å². The summed E-state index contributed by atoms with van der Waals surface area (Å²) in [5.74, 6) is 1.15. The first-order valence-corrected chi connectivity index (χ1v) is 14.4. The zero-order valence-corrected chi connectivity index (χ0v) is 24.1. The number of benzene rings is 2. The molecule has 7 nitrogen and oxygen atoms in total. The van der Waals surface area contributed by atoms with E-state index in [4.69, 9.17) is 9.47 Å². The summed E-state index contributed by atoms with van der Waals surface area (Å²) in [6, 6.07) is 17.4. The number of methoxy groups -OCH3 is 1. The SMILES string of the molecule is COCCCN(CC(=O)N1CCc2sccc2C1COc1ccc(C(C)C)cc1)C(=O)Nc1ccc(C)cc1. The van der Waals surface area contributed by atoms with Gasteiger partial charge in [0.25, 0.3) is 0 Å². The molecule has 0 fully saturated rings. The average molecular weight is 550 g/mol. The van der Waals surface area contributed by atoms with Crippen molar-refractivity contribution < 1.29 is 19.1 Å². The molecule has 0 radical (unpaired) electrons. The van der Waals surface area contributed by atoms with Gasteiger partial charge in [-0.25, -0.2) is 4.79 Å². The van der Waals surface area contributed by atoms with Crippen LogP contribution in [0.1, 0.15) is 53.8 Å². The molecule has 1 N–H and O–H groups in total. The van der Waals surface area contributed by atoms with Crippen LogP contribution in [0.4, 0.5) is 10.5 Å². The number of ether oxygens (including phenoxy) is 2. The second-order valence-corrected chi connectivity index (χ2v) is 11.3. The molecule has 1 aromatic heterocycles. The van der Waals surface area contributed by atoms with Crippen LogP contribution in [0, 0.1) is 6.92 Å². The summed E-state index contributed by atoms with van der Waals surface area (Å²) in [5.41, 5.74) is 4.20. The maximum atomic E-state index is 13.7. The lowest BCUT2D eigenvalue weighted by Crippen LogP contribution is -2.49. The smallest absolute Gasteiger partial charge is 0.322 e. The quantitative estimate of drug-likeness (QED) is 0.287. The molecule has 0 aliphatic carbocycles. The van der Waals surface area contributed by atoms with Crippen LogP contribution < -0.4 is 10.1 Å². The number of amides is 3. The van der Waals surface area contributed by atoms with Crippen molar-refractivity contribution in [3.8, 4) is 5.75 Å². The fraction of sp³-hybridized carbons (Fsp3) is 0.419. The summed E-state index contributed by atoms with van der Waals surface area (Å²) in [4.78, 5) is 31.7. The molecule has 1 aliphatic heterocycles. The number of carbonyl (C=O) groups is 2. The van der Waals surface area contributed by atoms with E-state index in [2.05, 4.69) is 42.7 Å². The molecule has 1 unspecified atom stereocenters. The van der Waals surface area contributed by atoms with Crippen LogP contribution in [-0.4, -0.2) is 61.7 Å². The summed E-state index contributed by atoms with van der Waals surface area (Å²) >= 11 is 1.72. The van der Waals surface area contributed by atoms with Gasteiger partial charge < -0.3 is 24.6 Å². The minimum atomic E-state index is -0.297. The Kier molecular flexibility index (Phi) is 10.0. The summed E-state index contributed by atoms with van der Waals surface area (Å²) in [7, 11) is 1.63. The third kappa shape index (κ3) is 7.61. The fourth-order valence-electron chi connectivity index (χ4n) is 4.74. The Bertz CT molecular complexity index is 1220. The van der Waals surface area contributed by atoms with E-state index >= 15 is 0 Å². The summed E-state index contributed by atoms with van der Waals surface area (Å²) < 4.78 is 11.4. The first kappa shape index (κ1) is 28.6. The van der Waals surface area contributed by atoms with Gasteiger partial charge in [0.1, 0.15) is 18.9 Å². The fourth-order valence-corrected chi connectivity index (χ4v) is 5.67. The number of nitrogens with one attached hydrogen (secondary N) is 1. The molecule has 0 saturated carbocycles. The van der Waals surface area contributed by atoms with E-state index < -0.39 is 0 Å². The van der Waals surface area contributed by atoms with Gasteiger partial charge in [-0.3, -0.25) is 4.79 Å². The Balaban J connectivity index is 1.47. The number of carbonyl (C=O) groups excluding carboxylic acids is 2. The highest BCUT2D eigenvalue weighted by atomic mass is 32.1. The van der Waals surface area contributed by atoms with E-state index in [-0.39, 0.29) is 24.5 Å². The molecule has 2 heterocycles. The number of nitrogens with zero attached hydrogens (tertiary/aromatic N) is 2. The van der Waals surface area contributed by atoms with Crippen molar-refractivity contribution >= 4 is 29.0 Å². The van der Waals surface area contributed by atoms with Crippen LogP contribution in [0.2, 0.25) is 0 Å². The lowest BCUT2D eigenvalue weighted by atomic mass is 10.00. The maximum absolute atomic E-state index is 13.7. The summed E-state index contributed by atoms with van der Waals surface area (Å²) in [6.45, 7) is 8.20. The third-order valence-electron chi connectivity index (χ3n) is 7.06. The molecule has 2 aromatic carbocycles. The number of hydrogen-bond acceptors (Lipinski definition) is 5. The molecule has 39 heavy (non-hydrogen) atoms. The van der Waals surface area contributed by atoms with Crippen molar-refractivity contribution in [3.63, 3.8) is 0 Å². The van der Waals surface area contributed by atoms with E-state index in [0.717, 1.165) is 23.3 Å². The molecule has 1 aliphatic rings. The van der Waals surface area contributed by atoms with Crippen LogP contribution in [0.5, 0.6) is 5.75 Å². The highest BCUT2D eigenvalue weighted by Crippen LogP contribution is 2.34. The summed E-state index contributed by atoms with van der Waals surface area (Å²) in [6.07, 6.45) is 1.44. The molecule has 208 valence electrons. The minimum Gasteiger partial charge on any atom is -0.491 e. The Morgan fingerprint density at radius 2 is 1.85 bits per heavy atom. The van der Waals surface area contributed by atoms with Gasteiger partial charge in [0.05, 0.1) is 6.04 Å². The molecule has 1 atom stereocenters. The van der Waals surface area contributed by atoms with Crippen LogP contribution in [-0.2, 0) is 16.0 Å². The number of rotatable bonds is 11. The highest BCUT2D eigenvalue weighted by Gasteiger charge is 2.33. The van der Waals surface area contributed by atoms with Crippen molar-refractivity contribution in [2.24, 2.45) is 0 Å². The molecular formula is C31H39N3O4S. The van der Waals surface area contributed by atoms with E-state index in [9.17, 15) is 9.59 Å². The van der Waals surface area contributed by atoms with Gasteiger partial charge in [-0.1, -0.05) is 43.7 Å². The standard InChI is InChI=1S/C31H39N3O4S/c1-22(2)24-8-12-26(13-9-24)38-21-28-27-15-19-39-29(27)14-17-34(28)30(35)20-33(16-5-18-37-4)31(36)32-25-10-6-23(3)7-11-25/h6-13,15,19,22,28H,5,14,16-18,20-21H2,1-4H3,(H,32,36). The number of anilines is 1. The third-order valence-corrected chi connectivity index (χ3v) is 8.06. The Hall–Kier alpha value is -3.36. The number of aryl methyl sites for hydroxylation is 1. The van der Waals surface area contributed by atoms with Crippen molar-refractivity contribution in [2.75, 3.05) is 45.3 Å². The van der Waals surface area contributed by atoms with Crippen molar-refractivity contribution in [2.45, 2.75) is 45.6 Å². The molecule has 4 rings (SSSR count). The Morgan fingerprint density at radius 1 is 1.10 bits per heavy atom. The van der Waals surface area contributed by atoms with Crippen LogP contribution in [0.25, 0.3) is 0 Å². The maximum Gasteiger partial charge on any atom is 0.322 e. The lowest BCUT2D eigenvalue weighted by molar-refractivity contribution is -0.135. The Morgan fingerprint density at radius 3 is 2.54 bits per heavy atom. The molecule has 3 aromatic rings. The largest absolute Gasteiger partial charge is 0.491 e. The number of urea groups is 1. The number of fused-ring (bicyclic) bond motifs is 1.